The molecule has 0 saturated carbocycles. The minimum atomic E-state index is -1.05. The number of aromatic carboxylic acids is 1. The number of carbonyl (C=O) groups is 2. The van der Waals surface area contributed by atoms with Gasteiger partial charge in [0.2, 0.25) is 5.91 Å². The van der Waals surface area contributed by atoms with Gasteiger partial charge in [-0.15, -0.1) is 0 Å². The van der Waals surface area contributed by atoms with Crippen LogP contribution < -0.4 is 5.32 Å². The lowest BCUT2D eigenvalue weighted by molar-refractivity contribution is -0.111. The highest BCUT2D eigenvalue weighted by Crippen LogP contribution is 2.19. The first-order valence-electron chi connectivity index (χ1n) is 4.00. The zero-order valence-corrected chi connectivity index (χ0v) is 9.24. The van der Waals surface area contributed by atoms with Crippen LogP contribution in [0.25, 0.3) is 0 Å². The van der Waals surface area contributed by atoms with Crippen LogP contribution in [-0.4, -0.2) is 17.0 Å². The van der Waals surface area contributed by atoms with Crippen molar-refractivity contribution in [3.63, 3.8) is 0 Å². The number of rotatable bonds is 3. The van der Waals surface area contributed by atoms with E-state index in [4.69, 9.17) is 5.11 Å². The first-order valence-corrected chi connectivity index (χ1v) is 4.79. The molecule has 5 heteroatoms. The quantitative estimate of drug-likeness (QED) is 0.828. The number of anilines is 1. The number of carbonyl (C=O) groups excluding carboxylic acids is 1. The van der Waals surface area contributed by atoms with Crippen LogP contribution in [0.5, 0.6) is 0 Å². The molecule has 0 atom stereocenters. The van der Waals surface area contributed by atoms with Crippen LogP contribution in [0, 0.1) is 0 Å². The summed E-state index contributed by atoms with van der Waals surface area (Å²) in [7, 11) is 0. The standard InChI is InChI=1S/C10H8BrNO3/c1-2-9(13)12-8-4-6(10(14)15)3-7(11)5-8/h2-5H,1H2,(H,12,13)(H,14,15). The van der Waals surface area contributed by atoms with Gasteiger partial charge < -0.3 is 10.4 Å². The van der Waals surface area contributed by atoms with Gasteiger partial charge in [-0.05, 0) is 24.3 Å². The minimum absolute atomic E-state index is 0.101. The molecule has 0 fully saturated rings. The van der Waals surface area contributed by atoms with E-state index < -0.39 is 5.97 Å². The summed E-state index contributed by atoms with van der Waals surface area (Å²) in [4.78, 5) is 21.7. The fourth-order valence-electron chi connectivity index (χ4n) is 0.979. The molecule has 1 aromatic carbocycles. The summed E-state index contributed by atoms with van der Waals surface area (Å²) in [6, 6.07) is 4.42. The number of hydrogen-bond donors (Lipinski definition) is 2. The van der Waals surface area contributed by atoms with Crippen LogP contribution in [0.4, 0.5) is 5.69 Å². The number of halogens is 1. The summed E-state index contributed by atoms with van der Waals surface area (Å²) in [5.74, 6) is -1.44. The highest BCUT2D eigenvalue weighted by Gasteiger charge is 2.06. The highest BCUT2D eigenvalue weighted by atomic mass is 79.9. The van der Waals surface area contributed by atoms with Crippen molar-refractivity contribution in [3.05, 3.63) is 40.9 Å². The Morgan fingerprint density at radius 2 is 2.07 bits per heavy atom. The van der Waals surface area contributed by atoms with Crippen LogP contribution in [0.15, 0.2) is 35.3 Å². The van der Waals surface area contributed by atoms with Crippen molar-refractivity contribution in [2.75, 3.05) is 5.32 Å². The van der Waals surface area contributed by atoms with Crippen molar-refractivity contribution in [2.45, 2.75) is 0 Å². The maximum Gasteiger partial charge on any atom is 0.335 e. The van der Waals surface area contributed by atoms with Gasteiger partial charge in [0.05, 0.1) is 5.56 Å². The molecule has 0 radical (unpaired) electrons. The Balaban J connectivity index is 3.03. The molecule has 4 nitrogen and oxygen atoms in total. The monoisotopic (exact) mass is 269 g/mol. The predicted octanol–water partition coefficient (Wildman–Crippen LogP) is 2.27. The van der Waals surface area contributed by atoms with E-state index >= 15 is 0 Å². The molecular formula is C10H8BrNO3. The predicted molar refractivity (Wildman–Crippen MR) is 59.9 cm³/mol. The Morgan fingerprint density at radius 1 is 1.40 bits per heavy atom. The van der Waals surface area contributed by atoms with E-state index in [9.17, 15) is 9.59 Å². The van der Waals surface area contributed by atoms with Crippen molar-refractivity contribution in [1.29, 1.82) is 0 Å². The Bertz CT molecular complexity index is 429. The molecule has 2 N–H and O–H groups in total. The van der Waals surface area contributed by atoms with Crippen molar-refractivity contribution in [2.24, 2.45) is 0 Å². The topological polar surface area (TPSA) is 66.4 Å². The van der Waals surface area contributed by atoms with Crippen LogP contribution in [-0.2, 0) is 4.79 Å². The van der Waals surface area contributed by atoms with E-state index in [-0.39, 0.29) is 11.5 Å². The summed E-state index contributed by atoms with van der Waals surface area (Å²) in [6.45, 7) is 3.30. The summed E-state index contributed by atoms with van der Waals surface area (Å²) in [6.07, 6.45) is 1.11. The molecule has 1 aromatic rings. The zero-order chi connectivity index (χ0) is 11.4. The lowest BCUT2D eigenvalue weighted by Crippen LogP contribution is -2.08. The molecule has 78 valence electrons. The van der Waals surface area contributed by atoms with E-state index in [0.29, 0.717) is 10.2 Å². The third kappa shape index (κ3) is 3.21. The maximum absolute atomic E-state index is 11.0. The summed E-state index contributed by atoms with van der Waals surface area (Å²) < 4.78 is 0.585. The fourth-order valence-corrected chi connectivity index (χ4v) is 1.47. The van der Waals surface area contributed by atoms with Gasteiger partial charge in [-0.1, -0.05) is 22.5 Å². The lowest BCUT2D eigenvalue weighted by atomic mass is 10.2. The molecular weight excluding hydrogens is 262 g/mol. The normalized spacial score (nSPS) is 9.40. The smallest absolute Gasteiger partial charge is 0.335 e. The van der Waals surface area contributed by atoms with Crippen molar-refractivity contribution >= 4 is 33.5 Å². The Labute approximate surface area is 94.7 Å². The average Bonchev–Trinajstić information content (AvgIpc) is 2.16. The second-order valence-corrected chi connectivity index (χ2v) is 3.64. The van der Waals surface area contributed by atoms with Gasteiger partial charge in [-0.3, -0.25) is 4.79 Å². The first kappa shape index (κ1) is 11.5. The Hall–Kier alpha value is -1.62. The Kier molecular flexibility index (Phi) is 3.62. The zero-order valence-electron chi connectivity index (χ0n) is 7.66. The van der Waals surface area contributed by atoms with Crippen LogP contribution >= 0.6 is 15.9 Å². The van der Waals surface area contributed by atoms with Gasteiger partial charge >= 0.3 is 5.97 Å². The molecule has 0 bridgehead atoms. The van der Waals surface area contributed by atoms with Gasteiger partial charge in [0.15, 0.2) is 0 Å². The maximum atomic E-state index is 11.0. The molecule has 0 aliphatic carbocycles. The number of amides is 1. The summed E-state index contributed by atoms with van der Waals surface area (Å²) in [5, 5.41) is 11.2. The lowest BCUT2D eigenvalue weighted by Gasteiger charge is -2.04. The number of carboxylic acid groups (broad SMARTS) is 1. The molecule has 1 amide bonds. The first-order chi connectivity index (χ1) is 7.02. The third-order valence-electron chi connectivity index (χ3n) is 1.60. The molecule has 0 spiro atoms. The molecule has 1 rings (SSSR count). The van der Waals surface area contributed by atoms with Crippen LogP contribution in [0.2, 0.25) is 0 Å². The molecule has 0 aliphatic rings. The Morgan fingerprint density at radius 3 is 2.60 bits per heavy atom. The van der Waals surface area contributed by atoms with Gasteiger partial charge in [-0.25, -0.2) is 4.79 Å². The summed E-state index contributed by atoms with van der Waals surface area (Å²) >= 11 is 3.15. The van der Waals surface area contributed by atoms with E-state index in [2.05, 4.69) is 27.8 Å². The minimum Gasteiger partial charge on any atom is -0.478 e. The number of benzene rings is 1. The second kappa shape index (κ2) is 4.75. The van der Waals surface area contributed by atoms with E-state index in [1.165, 1.54) is 12.1 Å². The average molecular weight is 270 g/mol. The molecule has 15 heavy (non-hydrogen) atoms. The third-order valence-corrected chi connectivity index (χ3v) is 2.06. The molecule has 0 aromatic heterocycles. The SMILES string of the molecule is C=CC(=O)Nc1cc(Br)cc(C(=O)O)c1. The van der Waals surface area contributed by atoms with Gasteiger partial charge in [0.25, 0.3) is 0 Å². The van der Waals surface area contributed by atoms with E-state index in [0.717, 1.165) is 6.08 Å². The van der Waals surface area contributed by atoms with E-state index in [1.54, 1.807) is 6.07 Å². The van der Waals surface area contributed by atoms with Gasteiger partial charge in [0, 0.05) is 10.2 Å². The van der Waals surface area contributed by atoms with Crippen LogP contribution in [0.1, 0.15) is 10.4 Å². The molecule has 0 unspecified atom stereocenters. The van der Waals surface area contributed by atoms with Gasteiger partial charge in [0.1, 0.15) is 0 Å². The number of nitrogens with one attached hydrogen (secondary N) is 1. The molecule has 0 aliphatic heterocycles. The number of hydrogen-bond acceptors (Lipinski definition) is 2. The summed E-state index contributed by atoms with van der Waals surface area (Å²) in [5.41, 5.74) is 0.510. The molecule has 0 heterocycles. The van der Waals surface area contributed by atoms with E-state index in [1.807, 2.05) is 0 Å². The highest BCUT2D eigenvalue weighted by molar-refractivity contribution is 9.10. The second-order valence-electron chi connectivity index (χ2n) is 2.73. The van der Waals surface area contributed by atoms with Crippen molar-refractivity contribution in [3.8, 4) is 0 Å². The largest absolute Gasteiger partial charge is 0.478 e. The number of carboxylic acids is 1. The van der Waals surface area contributed by atoms with Crippen molar-refractivity contribution < 1.29 is 14.7 Å². The van der Waals surface area contributed by atoms with Crippen LogP contribution in [0.3, 0.4) is 0 Å². The van der Waals surface area contributed by atoms with Gasteiger partial charge in [-0.2, -0.15) is 0 Å². The molecule has 0 saturated heterocycles. The van der Waals surface area contributed by atoms with Crippen molar-refractivity contribution in [1.82, 2.24) is 0 Å². The fraction of sp³-hybridized carbons (Fsp3) is 0.